The highest BCUT2D eigenvalue weighted by Gasteiger charge is 2.22. The third kappa shape index (κ3) is 3.52. The lowest BCUT2D eigenvalue weighted by Crippen LogP contribution is -2.36. The largest absolute Gasteiger partial charge is 0.440 e. The van der Waals surface area contributed by atoms with Gasteiger partial charge in [-0.25, -0.2) is 9.78 Å². The van der Waals surface area contributed by atoms with Gasteiger partial charge in [0.15, 0.2) is 11.5 Å². The van der Waals surface area contributed by atoms with E-state index in [9.17, 15) is 9.59 Å². The smallest absolute Gasteiger partial charge is 0.317 e. The van der Waals surface area contributed by atoms with Crippen LogP contribution in [0, 0.1) is 0 Å². The molecule has 138 valence electrons. The maximum atomic E-state index is 12.4. The zero-order chi connectivity index (χ0) is 17.9. The van der Waals surface area contributed by atoms with Crippen molar-refractivity contribution in [2.75, 3.05) is 26.2 Å². The van der Waals surface area contributed by atoms with Gasteiger partial charge in [-0.15, -0.1) is 0 Å². The Hall–Kier alpha value is -2.57. The third-order valence-electron chi connectivity index (χ3n) is 5.23. The molecule has 0 atom stereocenters. The van der Waals surface area contributed by atoms with E-state index in [2.05, 4.69) is 15.6 Å². The number of hydrogen-bond donors (Lipinski definition) is 2. The molecule has 2 heterocycles. The molecular weight excluding hydrogens is 332 g/mol. The Kier molecular flexibility index (Phi) is 4.77. The summed E-state index contributed by atoms with van der Waals surface area (Å²) in [6.45, 7) is 2.28. The fourth-order valence-corrected chi connectivity index (χ4v) is 3.74. The van der Waals surface area contributed by atoms with Gasteiger partial charge >= 0.3 is 6.03 Å². The summed E-state index contributed by atoms with van der Waals surface area (Å²) < 4.78 is 5.95. The first-order valence-electron chi connectivity index (χ1n) is 9.42. The van der Waals surface area contributed by atoms with E-state index in [0.29, 0.717) is 43.2 Å². The Labute approximate surface area is 152 Å². The predicted molar refractivity (Wildman–Crippen MR) is 97.1 cm³/mol. The maximum absolute atomic E-state index is 12.4. The Bertz CT molecular complexity index is 810. The zero-order valence-electron chi connectivity index (χ0n) is 14.8. The van der Waals surface area contributed by atoms with Gasteiger partial charge in [0, 0.05) is 37.7 Å². The highest BCUT2D eigenvalue weighted by molar-refractivity contribution is 5.97. The van der Waals surface area contributed by atoms with Crippen LogP contribution < -0.4 is 10.6 Å². The highest BCUT2D eigenvalue weighted by Crippen LogP contribution is 2.33. The van der Waals surface area contributed by atoms with Crippen LogP contribution in [0.5, 0.6) is 0 Å². The number of carbonyl (C=O) groups is 2. The van der Waals surface area contributed by atoms with E-state index in [1.165, 1.54) is 19.3 Å². The monoisotopic (exact) mass is 356 g/mol. The summed E-state index contributed by atoms with van der Waals surface area (Å²) in [5.74, 6) is 1.04. The number of carbonyl (C=O) groups excluding carboxylic acids is 2. The standard InChI is InChI=1S/C19H24N4O3/c24-17(20-8-10-23-11-9-21-19(23)25)14-6-7-15-16(12-14)26-18(22-15)13-4-2-1-3-5-13/h6-7,12-13H,1-5,8-11H2,(H,20,24)(H,21,25). The summed E-state index contributed by atoms with van der Waals surface area (Å²) in [5, 5.41) is 5.60. The molecule has 4 rings (SSSR count). The second-order valence-electron chi connectivity index (χ2n) is 7.04. The first-order valence-corrected chi connectivity index (χ1v) is 9.42. The van der Waals surface area contributed by atoms with E-state index in [4.69, 9.17) is 4.42 Å². The molecule has 26 heavy (non-hydrogen) atoms. The van der Waals surface area contributed by atoms with Crippen LogP contribution in [0.25, 0.3) is 11.1 Å². The van der Waals surface area contributed by atoms with E-state index < -0.39 is 0 Å². The zero-order valence-corrected chi connectivity index (χ0v) is 14.8. The molecule has 1 aliphatic carbocycles. The number of urea groups is 1. The van der Waals surface area contributed by atoms with Crippen molar-refractivity contribution >= 4 is 23.0 Å². The SMILES string of the molecule is O=C(NCCN1CCNC1=O)c1ccc2nc(C3CCCCC3)oc2c1. The highest BCUT2D eigenvalue weighted by atomic mass is 16.3. The van der Waals surface area contributed by atoms with Gasteiger partial charge in [-0.2, -0.15) is 0 Å². The van der Waals surface area contributed by atoms with E-state index in [1.54, 1.807) is 17.0 Å². The summed E-state index contributed by atoms with van der Waals surface area (Å²) in [4.78, 5) is 30.1. The summed E-state index contributed by atoms with van der Waals surface area (Å²) >= 11 is 0. The van der Waals surface area contributed by atoms with E-state index >= 15 is 0 Å². The summed E-state index contributed by atoms with van der Waals surface area (Å²) in [5.41, 5.74) is 2.02. The minimum atomic E-state index is -0.165. The van der Waals surface area contributed by atoms with Crippen LogP contribution in [0.3, 0.4) is 0 Å². The number of aromatic nitrogens is 1. The fourth-order valence-electron chi connectivity index (χ4n) is 3.74. The summed E-state index contributed by atoms with van der Waals surface area (Å²) in [6.07, 6.45) is 6.01. The molecule has 1 saturated heterocycles. The minimum Gasteiger partial charge on any atom is -0.440 e. The number of fused-ring (bicyclic) bond motifs is 1. The van der Waals surface area contributed by atoms with Gasteiger partial charge in [-0.1, -0.05) is 19.3 Å². The molecule has 7 nitrogen and oxygen atoms in total. The van der Waals surface area contributed by atoms with Crippen molar-refractivity contribution in [3.63, 3.8) is 0 Å². The molecule has 2 aromatic rings. The van der Waals surface area contributed by atoms with Crippen LogP contribution in [0.15, 0.2) is 22.6 Å². The normalized spacial score (nSPS) is 18.3. The molecule has 0 spiro atoms. The molecule has 2 N–H and O–H groups in total. The van der Waals surface area contributed by atoms with E-state index in [0.717, 1.165) is 24.2 Å². The Balaban J connectivity index is 1.39. The van der Waals surface area contributed by atoms with Gasteiger partial charge in [0.25, 0.3) is 5.91 Å². The average Bonchev–Trinajstić information content (AvgIpc) is 3.28. The van der Waals surface area contributed by atoms with Crippen LogP contribution in [0.2, 0.25) is 0 Å². The number of rotatable bonds is 5. The number of benzene rings is 1. The summed E-state index contributed by atoms with van der Waals surface area (Å²) in [6, 6.07) is 5.30. The van der Waals surface area contributed by atoms with Crippen LogP contribution in [-0.4, -0.2) is 48.0 Å². The summed E-state index contributed by atoms with van der Waals surface area (Å²) in [7, 11) is 0. The second kappa shape index (κ2) is 7.35. The molecule has 3 amide bonds. The molecule has 0 bridgehead atoms. The molecule has 2 fully saturated rings. The van der Waals surface area contributed by atoms with Crippen molar-refractivity contribution < 1.29 is 14.0 Å². The van der Waals surface area contributed by atoms with Gasteiger partial charge in [0.2, 0.25) is 0 Å². The lowest BCUT2D eigenvalue weighted by molar-refractivity contribution is 0.0950. The average molecular weight is 356 g/mol. The van der Waals surface area contributed by atoms with Crippen molar-refractivity contribution in [2.45, 2.75) is 38.0 Å². The molecule has 0 unspecified atom stereocenters. The molecule has 2 aliphatic rings. The van der Waals surface area contributed by atoms with Crippen LogP contribution in [-0.2, 0) is 0 Å². The van der Waals surface area contributed by atoms with Crippen molar-refractivity contribution in [1.29, 1.82) is 0 Å². The van der Waals surface area contributed by atoms with Gasteiger partial charge in [-0.05, 0) is 31.0 Å². The van der Waals surface area contributed by atoms with Crippen molar-refractivity contribution in [1.82, 2.24) is 20.5 Å². The van der Waals surface area contributed by atoms with Crippen LogP contribution >= 0.6 is 0 Å². The van der Waals surface area contributed by atoms with Crippen molar-refractivity contribution in [3.05, 3.63) is 29.7 Å². The second-order valence-corrected chi connectivity index (χ2v) is 7.04. The first kappa shape index (κ1) is 16.9. The minimum absolute atomic E-state index is 0.0717. The molecular formula is C19H24N4O3. The number of oxazole rings is 1. The van der Waals surface area contributed by atoms with Crippen LogP contribution in [0.4, 0.5) is 4.79 Å². The number of hydrogen-bond acceptors (Lipinski definition) is 4. The quantitative estimate of drug-likeness (QED) is 0.862. The maximum Gasteiger partial charge on any atom is 0.317 e. The molecule has 1 saturated carbocycles. The van der Waals surface area contributed by atoms with Gasteiger partial charge < -0.3 is 20.0 Å². The molecule has 0 radical (unpaired) electrons. The van der Waals surface area contributed by atoms with Crippen molar-refractivity contribution in [3.8, 4) is 0 Å². The lowest BCUT2D eigenvalue weighted by atomic mass is 9.89. The topological polar surface area (TPSA) is 87.5 Å². The number of nitrogens with zero attached hydrogens (tertiary/aromatic N) is 2. The molecule has 1 aliphatic heterocycles. The van der Waals surface area contributed by atoms with Gasteiger partial charge in [0.05, 0.1) is 0 Å². The van der Waals surface area contributed by atoms with Gasteiger partial charge in [0.1, 0.15) is 5.52 Å². The Morgan fingerprint density at radius 3 is 2.92 bits per heavy atom. The van der Waals surface area contributed by atoms with E-state index in [1.807, 2.05) is 6.07 Å². The lowest BCUT2D eigenvalue weighted by Gasteiger charge is -2.17. The third-order valence-corrected chi connectivity index (χ3v) is 5.23. The van der Waals surface area contributed by atoms with E-state index in [-0.39, 0.29) is 11.9 Å². The molecule has 7 heteroatoms. The molecule has 1 aromatic carbocycles. The Morgan fingerprint density at radius 2 is 2.15 bits per heavy atom. The van der Waals surface area contributed by atoms with Gasteiger partial charge in [-0.3, -0.25) is 4.79 Å². The van der Waals surface area contributed by atoms with Crippen molar-refractivity contribution in [2.24, 2.45) is 0 Å². The Morgan fingerprint density at radius 1 is 1.31 bits per heavy atom. The fraction of sp³-hybridized carbons (Fsp3) is 0.526. The predicted octanol–water partition coefficient (Wildman–Crippen LogP) is 2.63. The number of amides is 3. The number of nitrogens with one attached hydrogen (secondary N) is 2. The molecule has 1 aromatic heterocycles. The first-order chi connectivity index (χ1) is 12.7. The van der Waals surface area contributed by atoms with Crippen LogP contribution in [0.1, 0.15) is 54.3 Å².